The summed E-state index contributed by atoms with van der Waals surface area (Å²) in [6.45, 7) is 3.94. The Labute approximate surface area is 94.9 Å². The third-order valence-corrected chi connectivity index (χ3v) is 2.13. The van der Waals surface area contributed by atoms with E-state index in [2.05, 4.69) is 10.6 Å². The molecular formula is C10H17N3O3. The monoisotopic (exact) mass is 227 g/mol. The third-order valence-electron chi connectivity index (χ3n) is 2.13. The highest BCUT2D eigenvalue weighted by Crippen LogP contribution is 2.03. The van der Waals surface area contributed by atoms with Crippen LogP contribution in [0.1, 0.15) is 6.92 Å². The molecule has 0 spiro atoms. The van der Waals surface area contributed by atoms with Crippen LogP contribution in [0, 0.1) is 11.3 Å². The molecule has 0 aliphatic carbocycles. The first-order valence-corrected chi connectivity index (χ1v) is 5.30. The van der Waals surface area contributed by atoms with Crippen LogP contribution in [0.5, 0.6) is 0 Å². The van der Waals surface area contributed by atoms with E-state index in [-0.39, 0.29) is 31.3 Å². The van der Waals surface area contributed by atoms with Crippen molar-refractivity contribution in [2.24, 2.45) is 0 Å². The number of nitrogens with one attached hydrogen (secondary N) is 2. The van der Waals surface area contributed by atoms with E-state index < -0.39 is 0 Å². The Morgan fingerprint density at radius 1 is 1.69 bits per heavy atom. The fourth-order valence-electron chi connectivity index (χ4n) is 1.44. The van der Waals surface area contributed by atoms with Crippen molar-refractivity contribution in [3.8, 4) is 6.07 Å². The van der Waals surface area contributed by atoms with Crippen LogP contribution < -0.4 is 10.6 Å². The minimum Gasteiger partial charge on any atom is -0.370 e. The molecule has 0 aromatic carbocycles. The number of carbonyl (C=O) groups excluding carboxylic acids is 1. The van der Waals surface area contributed by atoms with Gasteiger partial charge in [-0.15, -0.1) is 0 Å². The van der Waals surface area contributed by atoms with Gasteiger partial charge in [-0.2, -0.15) is 5.26 Å². The van der Waals surface area contributed by atoms with Crippen molar-refractivity contribution in [3.63, 3.8) is 0 Å². The molecule has 90 valence electrons. The normalized spacial score (nSPS) is 24.8. The predicted octanol–water partition coefficient (Wildman–Crippen LogP) is -0.980. The Balaban J connectivity index is 2.06. The first kappa shape index (κ1) is 12.9. The minimum absolute atomic E-state index is 0.00693. The number of ether oxygens (including phenoxy) is 2. The average molecular weight is 227 g/mol. The largest absolute Gasteiger partial charge is 0.370 e. The predicted molar refractivity (Wildman–Crippen MR) is 56.6 cm³/mol. The molecule has 2 N–H and O–H groups in total. The number of nitriles is 1. The first-order chi connectivity index (χ1) is 7.72. The lowest BCUT2D eigenvalue weighted by atomic mass is 10.2. The van der Waals surface area contributed by atoms with Crippen molar-refractivity contribution in [2.45, 2.75) is 19.1 Å². The molecule has 1 heterocycles. The van der Waals surface area contributed by atoms with Crippen LogP contribution in [0.4, 0.5) is 0 Å². The van der Waals surface area contributed by atoms with Gasteiger partial charge in [0, 0.05) is 13.1 Å². The highest BCUT2D eigenvalue weighted by molar-refractivity contribution is 5.77. The van der Waals surface area contributed by atoms with E-state index in [0.717, 1.165) is 13.1 Å². The van der Waals surface area contributed by atoms with Crippen LogP contribution in [0.2, 0.25) is 0 Å². The summed E-state index contributed by atoms with van der Waals surface area (Å²) in [5.74, 6) is -0.279. The van der Waals surface area contributed by atoms with Gasteiger partial charge in [-0.3, -0.25) is 4.79 Å². The van der Waals surface area contributed by atoms with Crippen molar-refractivity contribution in [1.29, 1.82) is 5.26 Å². The van der Waals surface area contributed by atoms with E-state index in [1.165, 1.54) is 0 Å². The minimum atomic E-state index is -0.279. The topological polar surface area (TPSA) is 83.4 Å². The molecule has 1 fully saturated rings. The van der Waals surface area contributed by atoms with E-state index >= 15 is 0 Å². The molecule has 2 unspecified atom stereocenters. The molecular weight excluding hydrogens is 210 g/mol. The van der Waals surface area contributed by atoms with E-state index in [1.807, 2.05) is 13.0 Å². The Hall–Kier alpha value is -1.16. The summed E-state index contributed by atoms with van der Waals surface area (Å²) in [5, 5.41) is 13.8. The number of amides is 1. The van der Waals surface area contributed by atoms with Crippen LogP contribution in [0.25, 0.3) is 0 Å². The van der Waals surface area contributed by atoms with Crippen molar-refractivity contribution >= 4 is 5.91 Å². The SMILES string of the molecule is CC1CNCC(COCC(=O)NCC#N)O1. The summed E-state index contributed by atoms with van der Waals surface area (Å²) in [5.41, 5.74) is 0. The molecule has 1 saturated heterocycles. The van der Waals surface area contributed by atoms with Crippen molar-refractivity contribution in [2.75, 3.05) is 32.8 Å². The average Bonchev–Trinajstić information content (AvgIpc) is 2.26. The zero-order valence-corrected chi connectivity index (χ0v) is 9.36. The number of carbonyl (C=O) groups is 1. The van der Waals surface area contributed by atoms with E-state index in [9.17, 15) is 4.79 Å². The standard InChI is InChI=1S/C10H17N3O3/c1-8-4-12-5-9(16-8)6-15-7-10(14)13-3-2-11/h8-9,12H,3-7H2,1H3,(H,13,14). The molecule has 1 rings (SSSR count). The fraction of sp³-hybridized carbons (Fsp3) is 0.800. The molecule has 2 atom stereocenters. The molecule has 0 bridgehead atoms. The van der Waals surface area contributed by atoms with Gasteiger partial charge in [0.25, 0.3) is 0 Å². The van der Waals surface area contributed by atoms with E-state index in [1.54, 1.807) is 0 Å². The van der Waals surface area contributed by atoms with E-state index in [0.29, 0.717) is 6.61 Å². The van der Waals surface area contributed by atoms with Gasteiger partial charge in [0.15, 0.2) is 0 Å². The molecule has 1 aliphatic rings. The van der Waals surface area contributed by atoms with Gasteiger partial charge in [-0.25, -0.2) is 0 Å². The van der Waals surface area contributed by atoms with Crippen molar-refractivity contribution < 1.29 is 14.3 Å². The number of rotatable bonds is 5. The summed E-state index contributed by atoms with van der Waals surface area (Å²) in [6, 6.07) is 1.82. The highest BCUT2D eigenvalue weighted by Gasteiger charge is 2.18. The Morgan fingerprint density at radius 2 is 2.50 bits per heavy atom. The molecule has 6 heteroatoms. The zero-order chi connectivity index (χ0) is 11.8. The van der Waals surface area contributed by atoms with Crippen molar-refractivity contribution in [3.05, 3.63) is 0 Å². The number of hydrogen-bond acceptors (Lipinski definition) is 5. The zero-order valence-electron chi connectivity index (χ0n) is 9.36. The lowest BCUT2D eigenvalue weighted by Crippen LogP contribution is -2.45. The number of hydrogen-bond donors (Lipinski definition) is 2. The van der Waals surface area contributed by atoms with Crippen molar-refractivity contribution in [1.82, 2.24) is 10.6 Å². The lowest BCUT2D eigenvalue weighted by molar-refractivity contribution is -0.128. The van der Waals surface area contributed by atoms with Gasteiger partial charge >= 0.3 is 0 Å². The molecule has 6 nitrogen and oxygen atoms in total. The Kier molecular flexibility index (Phi) is 5.78. The van der Waals surface area contributed by atoms with Gasteiger partial charge in [-0.05, 0) is 6.92 Å². The van der Waals surface area contributed by atoms with Crippen LogP contribution >= 0.6 is 0 Å². The summed E-state index contributed by atoms with van der Waals surface area (Å²) in [4.78, 5) is 11.1. The van der Waals surface area contributed by atoms with Crippen LogP contribution in [0.3, 0.4) is 0 Å². The summed E-state index contributed by atoms with van der Waals surface area (Å²) in [7, 11) is 0. The Bertz CT molecular complexity index is 265. The first-order valence-electron chi connectivity index (χ1n) is 5.30. The summed E-state index contributed by atoms with van der Waals surface area (Å²) in [6.07, 6.45) is 0.169. The van der Waals surface area contributed by atoms with Gasteiger partial charge in [0.2, 0.25) is 5.91 Å². The number of nitrogens with zero attached hydrogens (tertiary/aromatic N) is 1. The van der Waals surface area contributed by atoms with Crippen LogP contribution in [-0.2, 0) is 14.3 Å². The summed E-state index contributed by atoms with van der Waals surface area (Å²) >= 11 is 0. The molecule has 0 aromatic heterocycles. The van der Waals surface area contributed by atoms with Gasteiger partial charge in [0.1, 0.15) is 13.2 Å². The highest BCUT2D eigenvalue weighted by atomic mass is 16.5. The second kappa shape index (κ2) is 7.17. The molecule has 1 amide bonds. The smallest absolute Gasteiger partial charge is 0.246 e. The quantitative estimate of drug-likeness (QED) is 0.590. The van der Waals surface area contributed by atoms with E-state index in [4.69, 9.17) is 14.7 Å². The molecule has 0 radical (unpaired) electrons. The maximum atomic E-state index is 11.1. The third kappa shape index (κ3) is 5.07. The van der Waals surface area contributed by atoms with Crippen LogP contribution in [0.15, 0.2) is 0 Å². The Morgan fingerprint density at radius 3 is 3.19 bits per heavy atom. The van der Waals surface area contributed by atoms with Crippen LogP contribution in [-0.4, -0.2) is 51.0 Å². The fourth-order valence-corrected chi connectivity index (χ4v) is 1.44. The molecule has 0 saturated carbocycles. The maximum absolute atomic E-state index is 11.1. The molecule has 16 heavy (non-hydrogen) atoms. The second-order valence-electron chi connectivity index (χ2n) is 3.68. The molecule has 0 aromatic rings. The van der Waals surface area contributed by atoms with Gasteiger partial charge < -0.3 is 20.1 Å². The lowest BCUT2D eigenvalue weighted by Gasteiger charge is -2.28. The van der Waals surface area contributed by atoms with Gasteiger partial charge in [0.05, 0.1) is 24.9 Å². The maximum Gasteiger partial charge on any atom is 0.246 e. The van der Waals surface area contributed by atoms with Gasteiger partial charge in [-0.1, -0.05) is 0 Å². The number of morpholine rings is 1. The molecule has 1 aliphatic heterocycles. The summed E-state index contributed by atoms with van der Waals surface area (Å²) < 4.78 is 10.8. The second-order valence-corrected chi connectivity index (χ2v) is 3.68.